The Balaban J connectivity index is 1.82. The number of methoxy groups -OCH3 is 2. The van der Waals surface area contributed by atoms with Crippen molar-refractivity contribution in [3.63, 3.8) is 0 Å². The maximum absolute atomic E-state index is 13.3. The number of ether oxygens (including phenoxy) is 3. The molecule has 0 radical (unpaired) electrons. The molecular weight excluding hydrogens is 406 g/mol. The normalized spacial score (nSPS) is 18.5. The van der Waals surface area contributed by atoms with Crippen molar-refractivity contribution in [3.8, 4) is 5.75 Å². The van der Waals surface area contributed by atoms with Crippen LogP contribution >= 0.6 is 0 Å². The molecule has 0 saturated carbocycles. The van der Waals surface area contributed by atoms with Crippen molar-refractivity contribution in [2.75, 3.05) is 20.8 Å². The van der Waals surface area contributed by atoms with Crippen LogP contribution in [0.5, 0.6) is 5.75 Å². The number of carbonyl (C=O) groups is 1. The molecule has 1 heterocycles. The number of rotatable bonds is 9. The first-order valence-corrected chi connectivity index (χ1v) is 10.9. The van der Waals surface area contributed by atoms with E-state index in [4.69, 9.17) is 9.47 Å². The van der Waals surface area contributed by atoms with Crippen molar-refractivity contribution < 1.29 is 27.4 Å². The minimum atomic E-state index is -3.75. The molecule has 30 heavy (non-hydrogen) atoms. The van der Waals surface area contributed by atoms with E-state index in [2.05, 4.69) is 4.74 Å². The fraction of sp³-hybridized carbons (Fsp3) is 0.318. The summed E-state index contributed by atoms with van der Waals surface area (Å²) < 4.78 is 43.4. The molecule has 7 nitrogen and oxygen atoms in total. The number of aryl methyl sites for hydroxylation is 1. The van der Waals surface area contributed by atoms with Crippen LogP contribution in [0, 0.1) is 6.92 Å². The summed E-state index contributed by atoms with van der Waals surface area (Å²) in [4.78, 5) is 11.5. The predicted octanol–water partition coefficient (Wildman–Crippen LogP) is 2.69. The molecule has 1 aliphatic heterocycles. The third-order valence-electron chi connectivity index (χ3n) is 4.78. The Kier molecular flexibility index (Phi) is 6.91. The Morgan fingerprint density at radius 1 is 1.17 bits per heavy atom. The standard InChI is InChI=1S/C22H25NO6S/c1-16-7-9-19(10-8-16)30(25,26)23(14-17-5-4-6-18(13-17)27-2)15-21-20(29-21)11-12-22(24)28-3/h4-13,20-21H,14-15H2,1-3H3/b12-11+. The van der Waals surface area contributed by atoms with E-state index in [-0.39, 0.29) is 30.2 Å². The number of benzene rings is 2. The van der Waals surface area contributed by atoms with E-state index in [0.29, 0.717) is 5.75 Å². The van der Waals surface area contributed by atoms with E-state index < -0.39 is 16.0 Å². The van der Waals surface area contributed by atoms with Gasteiger partial charge in [-0.1, -0.05) is 29.8 Å². The molecule has 0 bridgehead atoms. The van der Waals surface area contributed by atoms with E-state index >= 15 is 0 Å². The van der Waals surface area contributed by atoms with Crippen LogP contribution in [-0.2, 0) is 30.8 Å². The maximum Gasteiger partial charge on any atom is 0.330 e. The van der Waals surface area contributed by atoms with Gasteiger partial charge >= 0.3 is 5.97 Å². The first-order chi connectivity index (χ1) is 14.3. The summed E-state index contributed by atoms with van der Waals surface area (Å²) in [5.74, 6) is 0.173. The zero-order valence-corrected chi connectivity index (χ0v) is 18.0. The van der Waals surface area contributed by atoms with E-state index in [1.54, 1.807) is 49.6 Å². The summed E-state index contributed by atoms with van der Waals surface area (Å²) in [5, 5.41) is 0. The Labute approximate surface area is 176 Å². The highest BCUT2D eigenvalue weighted by atomic mass is 32.2. The summed E-state index contributed by atoms with van der Waals surface area (Å²) in [6.07, 6.45) is 2.20. The Hall–Kier alpha value is -2.68. The lowest BCUT2D eigenvalue weighted by Crippen LogP contribution is -2.34. The van der Waals surface area contributed by atoms with E-state index in [1.807, 2.05) is 19.1 Å². The van der Waals surface area contributed by atoms with Gasteiger partial charge in [0, 0.05) is 19.2 Å². The lowest BCUT2D eigenvalue weighted by molar-refractivity contribution is -0.134. The van der Waals surface area contributed by atoms with Crippen molar-refractivity contribution in [2.24, 2.45) is 0 Å². The summed E-state index contributed by atoms with van der Waals surface area (Å²) in [7, 11) is -0.894. The fourth-order valence-corrected chi connectivity index (χ4v) is 4.44. The average molecular weight is 432 g/mol. The largest absolute Gasteiger partial charge is 0.497 e. The minimum Gasteiger partial charge on any atom is -0.497 e. The first-order valence-electron chi connectivity index (χ1n) is 9.45. The van der Waals surface area contributed by atoms with Crippen LogP contribution in [-0.4, -0.2) is 51.7 Å². The molecule has 0 aliphatic carbocycles. The van der Waals surface area contributed by atoms with Crippen molar-refractivity contribution in [1.82, 2.24) is 4.31 Å². The second kappa shape index (κ2) is 9.42. The average Bonchev–Trinajstić information content (AvgIpc) is 3.49. The van der Waals surface area contributed by atoms with Crippen LogP contribution < -0.4 is 4.74 Å². The van der Waals surface area contributed by atoms with Crippen LogP contribution in [0.15, 0.2) is 65.6 Å². The van der Waals surface area contributed by atoms with E-state index in [9.17, 15) is 13.2 Å². The fourth-order valence-electron chi connectivity index (χ4n) is 3.00. The molecule has 3 rings (SSSR count). The quantitative estimate of drug-likeness (QED) is 0.345. The maximum atomic E-state index is 13.3. The first kappa shape index (κ1) is 22.0. The van der Waals surface area contributed by atoms with Crippen molar-refractivity contribution in [1.29, 1.82) is 0 Å². The molecule has 2 aromatic carbocycles. The van der Waals surface area contributed by atoms with Gasteiger partial charge in [0.05, 0.1) is 19.1 Å². The van der Waals surface area contributed by atoms with Crippen LogP contribution in [0.2, 0.25) is 0 Å². The van der Waals surface area contributed by atoms with Crippen LogP contribution in [0.25, 0.3) is 0 Å². The molecule has 1 aliphatic rings. The number of sulfonamides is 1. The van der Waals surface area contributed by atoms with Gasteiger partial charge < -0.3 is 14.2 Å². The smallest absolute Gasteiger partial charge is 0.330 e. The van der Waals surface area contributed by atoms with Crippen molar-refractivity contribution in [2.45, 2.75) is 30.6 Å². The summed E-state index contributed by atoms with van der Waals surface area (Å²) >= 11 is 0. The number of hydrogen-bond acceptors (Lipinski definition) is 6. The molecule has 0 spiro atoms. The molecule has 1 saturated heterocycles. The van der Waals surface area contributed by atoms with Gasteiger partial charge in [-0.3, -0.25) is 0 Å². The molecule has 8 heteroatoms. The monoisotopic (exact) mass is 431 g/mol. The highest BCUT2D eigenvalue weighted by Crippen LogP contribution is 2.28. The molecule has 2 aromatic rings. The SMILES string of the molecule is COC(=O)/C=C/C1OC1CN(Cc1cccc(OC)c1)S(=O)(=O)c1ccc(C)cc1. The molecule has 2 unspecified atom stereocenters. The van der Waals surface area contributed by atoms with Gasteiger partial charge in [-0.2, -0.15) is 4.31 Å². The predicted molar refractivity (Wildman–Crippen MR) is 112 cm³/mol. The van der Waals surface area contributed by atoms with Crippen molar-refractivity contribution in [3.05, 3.63) is 71.8 Å². The lowest BCUT2D eigenvalue weighted by Gasteiger charge is -2.22. The summed E-state index contributed by atoms with van der Waals surface area (Å²) in [6, 6.07) is 14.0. The second-order valence-electron chi connectivity index (χ2n) is 6.98. The van der Waals surface area contributed by atoms with E-state index in [1.165, 1.54) is 17.5 Å². The third-order valence-corrected chi connectivity index (χ3v) is 6.61. The summed E-state index contributed by atoms with van der Waals surface area (Å²) in [5.41, 5.74) is 1.78. The molecule has 160 valence electrons. The highest BCUT2D eigenvalue weighted by Gasteiger charge is 2.41. The molecule has 0 N–H and O–H groups in total. The molecule has 0 aromatic heterocycles. The number of nitrogens with zero attached hydrogens (tertiary/aromatic N) is 1. The van der Waals surface area contributed by atoms with Gasteiger partial charge in [0.25, 0.3) is 0 Å². The van der Waals surface area contributed by atoms with Gasteiger partial charge in [-0.15, -0.1) is 0 Å². The number of esters is 1. The highest BCUT2D eigenvalue weighted by molar-refractivity contribution is 7.89. The molecule has 1 fully saturated rings. The van der Waals surface area contributed by atoms with Crippen LogP contribution in [0.3, 0.4) is 0 Å². The third kappa shape index (κ3) is 5.47. The second-order valence-corrected chi connectivity index (χ2v) is 8.92. The minimum absolute atomic E-state index is 0.156. The topological polar surface area (TPSA) is 85.4 Å². The summed E-state index contributed by atoms with van der Waals surface area (Å²) in [6.45, 7) is 2.23. The Bertz CT molecular complexity index is 1020. The number of hydrogen-bond donors (Lipinski definition) is 0. The van der Waals surface area contributed by atoms with Gasteiger partial charge in [0.15, 0.2) is 0 Å². The molecular formula is C22H25NO6S. The van der Waals surface area contributed by atoms with Gasteiger partial charge in [-0.25, -0.2) is 13.2 Å². The Morgan fingerprint density at radius 3 is 2.57 bits per heavy atom. The van der Waals surface area contributed by atoms with Crippen molar-refractivity contribution >= 4 is 16.0 Å². The lowest BCUT2D eigenvalue weighted by atomic mass is 10.2. The number of epoxide rings is 1. The van der Waals surface area contributed by atoms with Gasteiger partial charge in [-0.05, 0) is 42.8 Å². The Morgan fingerprint density at radius 2 is 1.90 bits per heavy atom. The zero-order valence-electron chi connectivity index (χ0n) is 17.1. The van der Waals surface area contributed by atoms with Gasteiger partial charge in [0.1, 0.15) is 18.0 Å². The van der Waals surface area contributed by atoms with Crippen LogP contribution in [0.4, 0.5) is 0 Å². The van der Waals surface area contributed by atoms with E-state index in [0.717, 1.165) is 11.1 Å². The molecule has 0 amide bonds. The molecule has 2 atom stereocenters. The zero-order chi connectivity index (χ0) is 21.7. The van der Waals surface area contributed by atoms with Crippen LogP contribution in [0.1, 0.15) is 11.1 Å². The van der Waals surface area contributed by atoms with Gasteiger partial charge in [0.2, 0.25) is 10.0 Å². The number of carbonyl (C=O) groups excluding carboxylic acids is 1.